The van der Waals surface area contributed by atoms with Crippen LogP contribution in [0.2, 0.25) is 0 Å². The summed E-state index contributed by atoms with van der Waals surface area (Å²) in [5.74, 6) is 0.259. The van der Waals surface area contributed by atoms with Crippen molar-refractivity contribution in [1.82, 2.24) is 4.98 Å². The van der Waals surface area contributed by atoms with E-state index in [0.29, 0.717) is 6.42 Å². The predicted octanol–water partition coefficient (Wildman–Crippen LogP) is 4.03. The van der Waals surface area contributed by atoms with Gasteiger partial charge in [0, 0.05) is 35.3 Å². The summed E-state index contributed by atoms with van der Waals surface area (Å²) in [6, 6.07) is 14.3. The van der Waals surface area contributed by atoms with E-state index in [1.807, 2.05) is 36.7 Å². The molecule has 3 aromatic rings. The molecule has 0 saturated carbocycles. The molecule has 2 aromatic carbocycles. The van der Waals surface area contributed by atoms with Gasteiger partial charge in [-0.2, -0.15) is 0 Å². The normalized spacial score (nSPS) is 13.7. The number of hydrogen-bond donors (Lipinski definition) is 0. The Bertz CT molecular complexity index is 830. The lowest BCUT2D eigenvalue weighted by molar-refractivity contribution is 0.0994. The first-order valence-corrected chi connectivity index (χ1v) is 6.83. The van der Waals surface area contributed by atoms with Gasteiger partial charge in [-0.05, 0) is 22.9 Å². The molecular weight excluding hydrogens is 246 g/mol. The molecule has 0 fully saturated rings. The lowest BCUT2D eigenvalue weighted by atomic mass is 9.94. The van der Waals surface area contributed by atoms with Crippen LogP contribution in [0.3, 0.4) is 0 Å². The number of ketones is 1. The second-order valence-corrected chi connectivity index (χ2v) is 5.16. The van der Waals surface area contributed by atoms with E-state index < -0.39 is 0 Å². The summed E-state index contributed by atoms with van der Waals surface area (Å²) in [4.78, 5) is 16.2. The van der Waals surface area contributed by atoms with Crippen LogP contribution in [0.15, 0.2) is 54.9 Å². The molecule has 0 aliphatic heterocycles. The number of pyridine rings is 1. The molecule has 4 rings (SSSR count). The van der Waals surface area contributed by atoms with Crippen LogP contribution in [0.4, 0.5) is 0 Å². The number of aromatic nitrogens is 1. The van der Waals surface area contributed by atoms with Gasteiger partial charge >= 0.3 is 0 Å². The molecule has 0 radical (unpaired) electrons. The molecule has 1 heterocycles. The minimum Gasteiger partial charge on any atom is -0.294 e. The fourth-order valence-electron chi connectivity index (χ4n) is 3.07. The molecule has 2 nitrogen and oxygen atoms in total. The van der Waals surface area contributed by atoms with Crippen LogP contribution in [0.1, 0.15) is 22.3 Å². The number of carbonyl (C=O) groups excluding carboxylic acids is 1. The molecule has 20 heavy (non-hydrogen) atoms. The molecule has 0 N–H and O–H groups in total. The van der Waals surface area contributed by atoms with Crippen LogP contribution in [0, 0.1) is 0 Å². The molecule has 1 aliphatic rings. The standard InChI is InChI=1S/C18H13NO/c20-18-9-8-15-14(6-3-7-16(15)18)17-11-19-10-12-4-1-2-5-13(12)17/h1-7,10-11H,8-9H2. The van der Waals surface area contributed by atoms with Crippen molar-refractivity contribution in [3.63, 3.8) is 0 Å². The fraction of sp³-hybridized carbons (Fsp3) is 0.111. The van der Waals surface area contributed by atoms with E-state index >= 15 is 0 Å². The van der Waals surface area contributed by atoms with Crippen LogP contribution < -0.4 is 0 Å². The van der Waals surface area contributed by atoms with Crippen LogP contribution >= 0.6 is 0 Å². The van der Waals surface area contributed by atoms with Crippen molar-refractivity contribution in [3.8, 4) is 11.1 Å². The van der Waals surface area contributed by atoms with Crippen LogP contribution in [0.5, 0.6) is 0 Å². The van der Waals surface area contributed by atoms with Crippen LogP contribution in [0.25, 0.3) is 21.9 Å². The molecule has 0 unspecified atom stereocenters. The minimum atomic E-state index is 0.259. The van der Waals surface area contributed by atoms with Gasteiger partial charge in [-0.15, -0.1) is 0 Å². The summed E-state index contributed by atoms with van der Waals surface area (Å²) < 4.78 is 0. The molecule has 96 valence electrons. The number of carbonyl (C=O) groups is 1. The number of benzene rings is 2. The van der Waals surface area contributed by atoms with E-state index in [0.717, 1.165) is 28.5 Å². The van der Waals surface area contributed by atoms with Crippen molar-refractivity contribution in [2.24, 2.45) is 0 Å². The van der Waals surface area contributed by atoms with Crippen molar-refractivity contribution >= 4 is 16.6 Å². The quantitative estimate of drug-likeness (QED) is 0.660. The molecule has 1 aliphatic carbocycles. The van der Waals surface area contributed by atoms with Gasteiger partial charge in [-0.25, -0.2) is 0 Å². The Hall–Kier alpha value is -2.48. The van der Waals surface area contributed by atoms with Gasteiger partial charge in [0.2, 0.25) is 0 Å². The molecule has 0 atom stereocenters. The molecule has 0 spiro atoms. The number of Topliss-reactive ketones (excluding diaryl/α,β-unsaturated/α-hetero) is 1. The zero-order valence-electron chi connectivity index (χ0n) is 11.0. The van der Waals surface area contributed by atoms with E-state index in [1.54, 1.807) is 0 Å². The Morgan fingerprint density at radius 1 is 0.800 bits per heavy atom. The van der Waals surface area contributed by atoms with Crippen molar-refractivity contribution in [2.75, 3.05) is 0 Å². The highest BCUT2D eigenvalue weighted by Gasteiger charge is 2.22. The number of nitrogens with zero attached hydrogens (tertiary/aromatic N) is 1. The zero-order valence-corrected chi connectivity index (χ0v) is 11.0. The molecule has 0 amide bonds. The largest absolute Gasteiger partial charge is 0.294 e. The smallest absolute Gasteiger partial charge is 0.163 e. The molecular formula is C18H13NO. The van der Waals surface area contributed by atoms with Crippen LogP contribution in [-0.2, 0) is 6.42 Å². The second-order valence-electron chi connectivity index (χ2n) is 5.16. The molecule has 2 heteroatoms. The maximum atomic E-state index is 11.9. The van der Waals surface area contributed by atoms with Gasteiger partial charge in [0.15, 0.2) is 5.78 Å². The first kappa shape index (κ1) is 11.4. The van der Waals surface area contributed by atoms with E-state index in [1.165, 1.54) is 10.9 Å². The fourth-order valence-corrected chi connectivity index (χ4v) is 3.07. The highest BCUT2D eigenvalue weighted by Crippen LogP contribution is 2.35. The maximum absolute atomic E-state index is 11.9. The molecule has 1 aromatic heterocycles. The van der Waals surface area contributed by atoms with Gasteiger partial charge in [-0.1, -0.05) is 42.5 Å². The van der Waals surface area contributed by atoms with E-state index in [2.05, 4.69) is 23.2 Å². The molecule has 0 bridgehead atoms. The Morgan fingerprint density at radius 3 is 2.60 bits per heavy atom. The summed E-state index contributed by atoms with van der Waals surface area (Å²) in [5.41, 5.74) is 4.33. The minimum absolute atomic E-state index is 0.259. The Balaban J connectivity index is 2.04. The highest BCUT2D eigenvalue weighted by molar-refractivity contribution is 6.04. The third-order valence-corrected chi connectivity index (χ3v) is 4.04. The Kier molecular flexibility index (Phi) is 2.43. The third kappa shape index (κ3) is 1.58. The summed E-state index contributed by atoms with van der Waals surface area (Å²) in [5, 5.41) is 2.32. The monoisotopic (exact) mass is 259 g/mol. The lowest BCUT2D eigenvalue weighted by Gasteiger charge is -2.10. The van der Waals surface area contributed by atoms with Crippen molar-refractivity contribution < 1.29 is 4.79 Å². The maximum Gasteiger partial charge on any atom is 0.163 e. The van der Waals surface area contributed by atoms with Crippen molar-refractivity contribution in [1.29, 1.82) is 0 Å². The number of fused-ring (bicyclic) bond motifs is 2. The SMILES string of the molecule is O=C1CCc2c1cccc2-c1cncc2ccccc12. The average molecular weight is 259 g/mol. The topological polar surface area (TPSA) is 30.0 Å². The van der Waals surface area contributed by atoms with Gasteiger partial charge in [0.05, 0.1) is 0 Å². The van der Waals surface area contributed by atoms with Crippen molar-refractivity contribution in [2.45, 2.75) is 12.8 Å². The Labute approximate surface area is 117 Å². The van der Waals surface area contributed by atoms with Gasteiger partial charge < -0.3 is 0 Å². The number of rotatable bonds is 1. The van der Waals surface area contributed by atoms with Crippen molar-refractivity contribution in [3.05, 3.63) is 66.0 Å². The first-order valence-electron chi connectivity index (χ1n) is 6.83. The van der Waals surface area contributed by atoms with E-state index in [4.69, 9.17) is 0 Å². The number of hydrogen-bond acceptors (Lipinski definition) is 2. The molecule has 0 saturated heterocycles. The van der Waals surface area contributed by atoms with Crippen LogP contribution in [-0.4, -0.2) is 10.8 Å². The Morgan fingerprint density at radius 2 is 1.65 bits per heavy atom. The van der Waals surface area contributed by atoms with Gasteiger partial charge in [0.1, 0.15) is 0 Å². The van der Waals surface area contributed by atoms with E-state index in [-0.39, 0.29) is 5.78 Å². The zero-order chi connectivity index (χ0) is 13.5. The average Bonchev–Trinajstić information content (AvgIpc) is 2.88. The van der Waals surface area contributed by atoms with Gasteiger partial charge in [0.25, 0.3) is 0 Å². The van der Waals surface area contributed by atoms with Gasteiger partial charge in [-0.3, -0.25) is 9.78 Å². The third-order valence-electron chi connectivity index (χ3n) is 4.04. The summed E-state index contributed by atoms with van der Waals surface area (Å²) in [6.45, 7) is 0. The predicted molar refractivity (Wildman–Crippen MR) is 79.8 cm³/mol. The lowest BCUT2D eigenvalue weighted by Crippen LogP contribution is -1.93. The highest BCUT2D eigenvalue weighted by atomic mass is 16.1. The summed E-state index contributed by atoms with van der Waals surface area (Å²) in [6.07, 6.45) is 5.26. The summed E-state index contributed by atoms with van der Waals surface area (Å²) >= 11 is 0. The second kappa shape index (κ2) is 4.27. The summed E-state index contributed by atoms with van der Waals surface area (Å²) in [7, 11) is 0. The van der Waals surface area contributed by atoms with E-state index in [9.17, 15) is 4.79 Å². The first-order chi connectivity index (χ1) is 9.84.